The maximum atomic E-state index is 12.1. The number of nitrogens with zero attached hydrogens (tertiary/aromatic N) is 2. The number of nitrogens with one attached hydrogen (secondary N) is 4. The lowest BCUT2D eigenvalue weighted by molar-refractivity contribution is 0.134. The van der Waals surface area contributed by atoms with Gasteiger partial charge < -0.3 is 21.3 Å². The first-order valence-electron chi connectivity index (χ1n) is 18.1. The molecule has 8 heteroatoms. The molecule has 42 heavy (non-hydrogen) atoms. The number of amides is 4. The Morgan fingerprint density at radius 2 is 0.667 bits per heavy atom. The molecule has 0 aliphatic carbocycles. The molecule has 1 aliphatic rings. The van der Waals surface area contributed by atoms with E-state index in [2.05, 4.69) is 44.9 Å². The summed E-state index contributed by atoms with van der Waals surface area (Å²) in [6.07, 6.45) is 26.2. The summed E-state index contributed by atoms with van der Waals surface area (Å²) in [6.45, 7) is 13.2. The minimum Gasteiger partial charge on any atom is -0.338 e. The molecule has 4 amide bonds. The average molecular weight is 595 g/mol. The molecule has 1 heterocycles. The first-order valence-corrected chi connectivity index (χ1v) is 18.1. The van der Waals surface area contributed by atoms with Gasteiger partial charge in [-0.05, 0) is 12.8 Å². The quantitative estimate of drug-likeness (QED) is 0.0732. The van der Waals surface area contributed by atoms with Crippen LogP contribution in [0.25, 0.3) is 0 Å². The van der Waals surface area contributed by atoms with Crippen LogP contribution in [0.15, 0.2) is 0 Å². The largest absolute Gasteiger partial charge is 0.338 e. The van der Waals surface area contributed by atoms with Gasteiger partial charge in [0.05, 0.1) is 0 Å². The van der Waals surface area contributed by atoms with Crippen LogP contribution in [-0.2, 0) is 0 Å². The molecule has 0 radical (unpaired) electrons. The molecule has 1 saturated heterocycles. The molecule has 0 spiro atoms. The molecular weight excluding hydrogens is 524 g/mol. The van der Waals surface area contributed by atoms with Crippen LogP contribution in [-0.4, -0.2) is 87.3 Å². The summed E-state index contributed by atoms with van der Waals surface area (Å²) in [5.41, 5.74) is 0. The van der Waals surface area contributed by atoms with E-state index in [9.17, 15) is 9.59 Å². The molecule has 0 saturated carbocycles. The summed E-state index contributed by atoms with van der Waals surface area (Å²) < 4.78 is 0. The van der Waals surface area contributed by atoms with E-state index in [4.69, 9.17) is 0 Å². The maximum Gasteiger partial charge on any atom is 0.314 e. The summed E-state index contributed by atoms with van der Waals surface area (Å²) in [4.78, 5) is 28.9. The van der Waals surface area contributed by atoms with Crippen LogP contribution >= 0.6 is 0 Å². The SMILES string of the molecule is CCCCCCCCCCCCNC(=O)NCCN1CCN(CCNC(=O)NCCCCCCCCCCCC)CC1. The minimum atomic E-state index is -0.0397. The molecule has 0 bridgehead atoms. The fourth-order valence-corrected chi connectivity index (χ4v) is 5.65. The number of piperazine rings is 1. The molecule has 1 aliphatic heterocycles. The van der Waals surface area contributed by atoms with Crippen LogP contribution in [0.1, 0.15) is 142 Å². The Labute approximate surface area is 260 Å². The van der Waals surface area contributed by atoms with Gasteiger partial charge in [0.1, 0.15) is 0 Å². The van der Waals surface area contributed by atoms with Gasteiger partial charge >= 0.3 is 12.1 Å². The van der Waals surface area contributed by atoms with Gasteiger partial charge in [-0.2, -0.15) is 0 Å². The van der Waals surface area contributed by atoms with E-state index in [0.717, 1.165) is 65.2 Å². The van der Waals surface area contributed by atoms with Crippen molar-refractivity contribution in [2.45, 2.75) is 142 Å². The molecule has 0 aromatic carbocycles. The zero-order valence-electron chi connectivity index (χ0n) is 27.9. The van der Waals surface area contributed by atoms with Crippen molar-refractivity contribution in [3.63, 3.8) is 0 Å². The van der Waals surface area contributed by atoms with E-state index in [-0.39, 0.29) is 12.1 Å². The second-order valence-electron chi connectivity index (χ2n) is 12.4. The Balaban J connectivity index is 1.85. The average Bonchev–Trinajstić information content (AvgIpc) is 2.99. The Bertz CT molecular complexity index is 561. The molecule has 0 atom stereocenters. The lowest BCUT2D eigenvalue weighted by atomic mass is 10.1. The number of urea groups is 2. The highest BCUT2D eigenvalue weighted by atomic mass is 16.2. The maximum absolute atomic E-state index is 12.1. The van der Waals surface area contributed by atoms with Crippen molar-refractivity contribution in [1.82, 2.24) is 31.1 Å². The third kappa shape index (κ3) is 25.0. The number of hydrogen-bond donors (Lipinski definition) is 4. The van der Waals surface area contributed by atoms with E-state index in [1.165, 1.54) is 116 Å². The number of hydrogen-bond acceptors (Lipinski definition) is 4. The summed E-state index contributed by atoms with van der Waals surface area (Å²) >= 11 is 0. The number of carbonyl (C=O) groups excluding carboxylic acids is 2. The normalized spacial score (nSPS) is 14.1. The molecule has 8 nitrogen and oxygen atoms in total. The molecule has 1 fully saturated rings. The van der Waals surface area contributed by atoms with Gasteiger partial charge in [-0.25, -0.2) is 9.59 Å². The van der Waals surface area contributed by atoms with Gasteiger partial charge in [0.2, 0.25) is 0 Å². The fraction of sp³-hybridized carbons (Fsp3) is 0.941. The topological polar surface area (TPSA) is 88.7 Å². The molecule has 4 N–H and O–H groups in total. The zero-order chi connectivity index (χ0) is 30.4. The highest BCUT2D eigenvalue weighted by Gasteiger charge is 2.16. The smallest absolute Gasteiger partial charge is 0.314 e. The van der Waals surface area contributed by atoms with Gasteiger partial charge in [-0.15, -0.1) is 0 Å². The Hall–Kier alpha value is -1.54. The Morgan fingerprint density at radius 1 is 0.405 bits per heavy atom. The van der Waals surface area contributed by atoms with E-state index < -0.39 is 0 Å². The second-order valence-corrected chi connectivity index (χ2v) is 12.4. The number of rotatable bonds is 28. The van der Waals surface area contributed by atoms with Gasteiger partial charge in [0, 0.05) is 65.4 Å². The highest BCUT2D eigenvalue weighted by molar-refractivity contribution is 5.74. The van der Waals surface area contributed by atoms with Crippen LogP contribution in [0.2, 0.25) is 0 Å². The Kier molecular flexibility index (Phi) is 27.1. The van der Waals surface area contributed by atoms with Crippen molar-refractivity contribution >= 4 is 12.1 Å². The molecule has 248 valence electrons. The molecule has 0 unspecified atom stereocenters. The van der Waals surface area contributed by atoms with Crippen molar-refractivity contribution in [2.24, 2.45) is 0 Å². The number of carbonyl (C=O) groups is 2. The van der Waals surface area contributed by atoms with Crippen molar-refractivity contribution in [2.75, 3.05) is 65.4 Å². The van der Waals surface area contributed by atoms with Crippen molar-refractivity contribution in [3.05, 3.63) is 0 Å². The monoisotopic (exact) mass is 595 g/mol. The van der Waals surface area contributed by atoms with Crippen molar-refractivity contribution in [3.8, 4) is 0 Å². The van der Waals surface area contributed by atoms with Crippen LogP contribution in [0, 0.1) is 0 Å². The second kappa shape index (κ2) is 29.5. The Morgan fingerprint density at radius 3 is 0.976 bits per heavy atom. The van der Waals surface area contributed by atoms with Gasteiger partial charge in [0.15, 0.2) is 0 Å². The van der Waals surface area contributed by atoms with Crippen molar-refractivity contribution in [1.29, 1.82) is 0 Å². The number of unbranched alkanes of at least 4 members (excludes halogenated alkanes) is 18. The van der Waals surface area contributed by atoms with Crippen LogP contribution in [0.4, 0.5) is 9.59 Å². The van der Waals surface area contributed by atoms with Crippen LogP contribution < -0.4 is 21.3 Å². The van der Waals surface area contributed by atoms with Crippen LogP contribution in [0.5, 0.6) is 0 Å². The van der Waals surface area contributed by atoms with E-state index >= 15 is 0 Å². The standard InChI is InChI=1S/C34H70N6O2/c1-3-5-7-9-11-13-15-17-19-21-23-35-33(41)37-25-27-39-29-31-40(32-30-39)28-26-38-34(42)36-24-22-20-18-16-14-12-10-8-6-4-2/h3-32H2,1-2H3,(H2,35,37,41)(H2,36,38,42). The molecule has 0 aromatic rings. The van der Waals surface area contributed by atoms with Gasteiger partial charge in [-0.3, -0.25) is 9.80 Å². The summed E-state index contributed by atoms with van der Waals surface area (Å²) in [5, 5.41) is 12.0. The lowest BCUT2D eigenvalue weighted by Gasteiger charge is -2.34. The summed E-state index contributed by atoms with van der Waals surface area (Å²) in [6, 6.07) is -0.0795. The summed E-state index contributed by atoms with van der Waals surface area (Å²) in [5.74, 6) is 0. The fourth-order valence-electron chi connectivity index (χ4n) is 5.65. The predicted molar refractivity (Wildman–Crippen MR) is 179 cm³/mol. The van der Waals surface area contributed by atoms with E-state index in [0.29, 0.717) is 13.1 Å². The van der Waals surface area contributed by atoms with E-state index in [1.54, 1.807) is 0 Å². The third-order valence-electron chi connectivity index (χ3n) is 8.52. The molecule has 0 aromatic heterocycles. The van der Waals surface area contributed by atoms with Gasteiger partial charge in [0.25, 0.3) is 0 Å². The molecule has 1 rings (SSSR count). The van der Waals surface area contributed by atoms with Gasteiger partial charge in [-0.1, -0.05) is 129 Å². The first kappa shape index (κ1) is 38.5. The highest BCUT2D eigenvalue weighted by Crippen LogP contribution is 2.11. The molecular formula is C34H70N6O2. The lowest BCUT2D eigenvalue weighted by Crippen LogP contribution is -2.50. The first-order chi connectivity index (χ1) is 20.7. The third-order valence-corrected chi connectivity index (χ3v) is 8.52. The predicted octanol–water partition coefficient (Wildman–Crippen LogP) is 7.04. The van der Waals surface area contributed by atoms with Crippen LogP contribution in [0.3, 0.4) is 0 Å². The summed E-state index contributed by atoms with van der Waals surface area (Å²) in [7, 11) is 0. The van der Waals surface area contributed by atoms with E-state index in [1.807, 2.05) is 0 Å². The minimum absolute atomic E-state index is 0.0397. The zero-order valence-corrected chi connectivity index (χ0v) is 27.9. The van der Waals surface area contributed by atoms with Crippen molar-refractivity contribution < 1.29 is 9.59 Å².